The number of hydrogen-bond donors (Lipinski definition) is 0. The summed E-state index contributed by atoms with van der Waals surface area (Å²) in [5.41, 5.74) is 1.73. The van der Waals surface area contributed by atoms with Crippen molar-refractivity contribution in [3.8, 4) is 5.75 Å². The third-order valence-corrected chi connectivity index (χ3v) is 5.67. The molecule has 0 bridgehead atoms. The molecule has 0 saturated heterocycles. The lowest BCUT2D eigenvalue weighted by Crippen LogP contribution is -2.27. The number of carbonyl (C=O) groups is 1. The summed E-state index contributed by atoms with van der Waals surface area (Å²) in [5, 5.41) is 0. The number of hydrogen-bond acceptors (Lipinski definition) is 4. The van der Waals surface area contributed by atoms with Gasteiger partial charge >= 0.3 is 5.97 Å². The SMILES string of the molecule is COC(=O)c1ccc(C(C)n2c(C)cc(OCc3ccc(F)cc3F)c(Br)c2=O)cc1. The van der Waals surface area contributed by atoms with E-state index in [1.807, 2.05) is 6.92 Å². The van der Waals surface area contributed by atoms with Crippen molar-refractivity contribution in [3.63, 3.8) is 0 Å². The summed E-state index contributed by atoms with van der Waals surface area (Å²) < 4.78 is 39.0. The van der Waals surface area contributed by atoms with E-state index in [1.165, 1.54) is 13.2 Å². The van der Waals surface area contributed by atoms with E-state index in [9.17, 15) is 18.4 Å². The van der Waals surface area contributed by atoms with Gasteiger partial charge in [-0.2, -0.15) is 0 Å². The summed E-state index contributed by atoms with van der Waals surface area (Å²) in [6, 6.07) is 11.4. The van der Waals surface area contributed by atoms with Crippen molar-refractivity contribution in [1.82, 2.24) is 4.57 Å². The van der Waals surface area contributed by atoms with Gasteiger partial charge in [-0.3, -0.25) is 4.79 Å². The van der Waals surface area contributed by atoms with Gasteiger partial charge in [-0.1, -0.05) is 12.1 Å². The first-order valence-electron chi connectivity index (χ1n) is 9.39. The molecule has 2 aromatic carbocycles. The molecule has 0 fully saturated rings. The molecule has 0 saturated carbocycles. The summed E-state index contributed by atoms with van der Waals surface area (Å²) in [6.07, 6.45) is 0. The van der Waals surface area contributed by atoms with Gasteiger partial charge in [0.25, 0.3) is 5.56 Å². The molecule has 0 aliphatic rings. The molecule has 3 rings (SSSR count). The average Bonchev–Trinajstić information content (AvgIpc) is 2.75. The Hall–Kier alpha value is -3.00. The van der Waals surface area contributed by atoms with Crippen molar-refractivity contribution in [2.24, 2.45) is 0 Å². The lowest BCUT2D eigenvalue weighted by Gasteiger charge is -2.21. The zero-order valence-electron chi connectivity index (χ0n) is 17.1. The third-order valence-electron chi connectivity index (χ3n) is 4.94. The molecular formula is C23H20BrF2NO4. The molecular weight excluding hydrogens is 472 g/mol. The predicted octanol–water partition coefficient (Wildman–Crippen LogP) is 5.17. The Morgan fingerprint density at radius 1 is 1.13 bits per heavy atom. The monoisotopic (exact) mass is 491 g/mol. The summed E-state index contributed by atoms with van der Waals surface area (Å²) >= 11 is 3.28. The molecule has 31 heavy (non-hydrogen) atoms. The Balaban J connectivity index is 1.87. The van der Waals surface area contributed by atoms with E-state index >= 15 is 0 Å². The van der Waals surface area contributed by atoms with Crippen molar-refractivity contribution in [2.75, 3.05) is 7.11 Å². The van der Waals surface area contributed by atoms with Crippen LogP contribution < -0.4 is 10.3 Å². The number of halogens is 3. The zero-order chi connectivity index (χ0) is 22.7. The largest absolute Gasteiger partial charge is 0.487 e. The molecule has 0 aliphatic carbocycles. The molecule has 1 heterocycles. The highest BCUT2D eigenvalue weighted by Crippen LogP contribution is 2.27. The maximum absolute atomic E-state index is 13.8. The van der Waals surface area contributed by atoms with Crippen molar-refractivity contribution < 1.29 is 23.0 Å². The number of ether oxygens (including phenoxy) is 2. The first kappa shape index (κ1) is 22.7. The highest BCUT2D eigenvalue weighted by atomic mass is 79.9. The van der Waals surface area contributed by atoms with E-state index in [2.05, 4.69) is 15.9 Å². The summed E-state index contributed by atoms with van der Waals surface area (Å²) in [6.45, 7) is 3.47. The van der Waals surface area contributed by atoms with Crippen LogP contribution in [0.2, 0.25) is 0 Å². The molecule has 1 atom stereocenters. The number of aromatic nitrogens is 1. The first-order chi connectivity index (χ1) is 14.7. The van der Waals surface area contributed by atoms with Crippen LogP contribution in [0, 0.1) is 18.6 Å². The normalized spacial score (nSPS) is 11.8. The van der Waals surface area contributed by atoms with E-state index < -0.39 is 17.6 Å². The van der Waals surface area contributed by atoms with Gasteiger partial charge in [0.2, 0.25) is 0 Å². The molecule has 8 heteroatoms. The minimum absolute atomic E-state index is 0.155. The fraction of sp³-hybridized carbons (Fsp3) is 0.217. The second-order valence-electron chi connectivity index (χ2n) is 6.95. The number of pyridine rings is 1. The van der Waals surface area contributed by atoms with Gasteiger partial charge in [-0.05, 0) is 59.6 Å². The highest BCUT2D eigenvalue weighted by Gasteiger charge is 2.18. The maximum atomic E-state index is 13.8. The maximum Gasteiger partial charge on any atom is 0.337 e. The molecule has 1 aromatic heterocycles. The van der Waals surface area contributed by atoms with Crippen LogP contribution >= 0.6 is 15.9 Å². The summed E-state index contributed by atoms with van der Waals surface area (Å²) in [7, 11) is 1.31. The molecule has 0 aliphatic heterocycles. The van der Waals surface area contributed by atoms with Crippen LogP contribution in [0.1, 0.15) is 40.1 Å². The van der Waals surface area contributed by atoms with Crippen molar-refractivity contribution in [2.45, 2.75) is 26.5 Å². The molecule has 5 nitrogen and oxygen atoms in total. The van der Waals surface area contributed by atoms with Crippen LogP contribution in [-0.2, 0) is 11.3 Å². The second-order valence-corrected chi connectivity index (χ2v) is 7.75. The fourth-order valence-corrected chi connectivity index (χ4v) is 3.66. The smallest absolute Gasteiger partial charge is 0.337 e. The Morgan fingerprint density at radius 3 is 2.42 bits per heavy atom. The molecule has 0 amide bonds. The molecule has 1 unspecified atom stereocenters. The van der Waals surface area contributed by atoms with E-state index in [0.717, 1.165) is 17.7 Å². The third kappa shape index (κ3) is 4.85. The molecule has 3 aromatic rings. The van der Waals surface area contributed by atoms with Gasteiger partial charge in [0.05, 0.1) is 18.7 Å². The van der Waals surface area contributed by atoms with Crippen molar-refractivity contribution in [3.05, 3.63) is 97.4 Å². The number of nitrogens with zero attached hydrogens (tertiary/aromatic N) is 1. The van der Waals surface area contributed by atoms with E-state index in [0.29, 0.717) is 11.3 Å². The summed E-state index contributed by atoms with van der Waals surface area (Å²) in [4.78, 5) is 24.6. The fourth-order valence-electron chi connectivity index (χ4n) is 3.24. The van der Waals surface area contributed by atoms with Gasteiger partial charge in [0.1, 0.15) is 28.5 Å². The Labute approximate surface area is 186 Å². The molecule has 162 valence electrons. The molecule has 0 radical (unpaired) electrons. The quantitative estimate of drug-likeness (QED) is 0.446. The van der Waals surface area contributed by atoms with Gasteiger partial charge in [-0.25, -0.2) is 13.6 Å². The number of methoxy groups -OCH3 is 1. The van der Waals surface area contributed by atoms with E-state index in [1.54, 1.807) is 41.8 Å². The highest BCUT2D eigenvalue weighted by molar-refractivity contribution is 9.10. The van der Waals surface area contributed by atoms with Crippen LogP contribution in [0.25, 0.3) is 0 Å². The first-order valence-corrected chi connectivity index (χ1v) is 10.2. The minimum atomic E-state index is -0.717. The van der Waals surface area contributed by atoms with Crippen molar-refractivity contribution >= 4 is 21.9 Å². The number of aryl methyl sites for hydroxylation is 1. The van der Waals surface area contributed by atoms with Crippen LogP contribution in [0.15, 0.2) is 57.8 Å². The Bertz CT molecular complexity index is 1180. The number of benzene rings is 2. The molecule has 0 spiro atoms. The lowest BCUT2D eigenvalue weighted by molar-refractivity contribution is 0.0600. The van der Waals surface area contributed by atoms with E-state index in [4.69, 9.17) is 9.47 Å². The summed E-state index contributed by atoms with van der Waals surface area (Å²) in [5.74, 6) is -1.57. The second kappa shape index (κ2) is 9.43. The average molecular weight is 492 g/mol. The van der Waals surface area contributed by atoms with E-state index in [-0.39, 0.29) is 34.0 Å². The van der Waals surface area contributed by atoms with Gasteiger partial charge < -0.3 is 14.0 Å². The topological polar surface area (TPSA) is 57.5 Å². The Morgan fingerprint density at radius 2 is 1.81 bits per heavy atom. The van der Waals surface area contributed by atoms with Crippen LogP contribution in [0.3, 0.4) is 0 Å². The zero-order valence-corrected chi connectivity index (χ0v) is 18.7. The predicted molar refractivity (Wildman–Crippen MR) is 115 cm³/mol. The minimum Gasteiger partial charge on any atom is -0.487 e. The Kier molecular flexibility index (Phi) is 6.90. The van der Waals surface area contributed by atoms with Gasteiger partial charge in [-0.15, -0.1) is 0 Å². The van der Waals surface area contributed by atoms with Crippen LogP contribution in [0.5, 0.6) is 5.75 Å². The number of esters is 1. The van der Waals surface area contributed by atoms with Gasteiger partial charge in [0.15, 0.2) is 0 Å². The van der Waals surface area contributed by atoms with Crippen LogP contribution in [0.4, 0.5) is 8.78 Å². The van der Waals surface area contributed by atoms with Crippen LogP contribution in [-0.4, -0.2) is 17.6 Å². The lowest BCUT2D eigenvalue weighted by atomic mass is 10.1. The number of carbonyl (C=O) groups excluding carboxylic acids is 1. The number of rotatable bonds is 6. The van der Waals surface area contributed by atoms with Crippen molar-refractivity contribution in [1.29, 1.82) is 0 Å². The van der Waals surface area contributed by atoms with Gasteiger partial charge in [0, 0.05) is 23.4 Å². The standard InChI is InChI=1S/C23H20BrF2NO4/c1-13-10-20(31-12-17-8-9-18(25)11-19(17)26)21(24)22(28)27(13)14(2)15-4-6-16(7-5-15)23(29)30-3/h4-11,14H,12H2,1-3H3. The molecule has 0 N–H and O–H groups in total.